The van der Waals surface area contributed by atoms with Crippen LogP contribution in [0.5, 0.6) is 0 Å². The molecule has 16 atom stereocenters. The molecule has 6 aliphatic carbocycles. The van der Waals surface area contributed by atoms with E-state index in [0.29, 0.717) is 35.7 Å². The van der Waals surface area contributed by atoms with Crippen molar-refractivity contribution in [3.8, 4) is 0 Å². The maximum absolute atomic E-state index is 14.0. The Bertz CT molecular complexity index is 1420. The number of aliphatic hydroxyl groups is 1. The molecule has 7 heteroatoms. The first-order valence-corrected chi connectivity index (χ1v) is 22.0. The van der Waals surface area contributed by atoms with Crippen molar-refractivity contribution in [1.82, 2.24) is 0 Å². The van der Waals surface area contributed by atoms with Gasteiger partial charge in [0.05, 0.1) is 24.4 Å². The monoisotopic (exact) mass is 769 g/mol. The molecular weight excluding hydrogens is 689 g/mol. The summed E-state index contributed by atoms with van der Waals surface area (Å²) in [6, 6.07) is 0. The highest BCUT2D eigenvalue weighted by Crippen LogP contribution is 2.70. The summed E-state index contributed by atoms with van der Waals surface area (Å²) >= 11 is 0. The number of carbonyl (C=O) groups excluding carboxylic acids is 2. The number of ether oxygens (including phenoxy) is 4. The fourth-order valence-electron chi connectivity index (χ4n) is 14.5. The summed E-state index contributed by atoms with van der Waals surface area (Å²) in [5.74, 6) is 2.43. The van der Waals surface area contributed by atoms with Crippen molar-refractivity contribution in [2.24, 2.45) is 68.0 Å². The summed E-state index contributed by atoms with van der Waals surface area (Å²) in [4.78, 5) is 27.7. The summed E-state index contributed by atoms with van der Waals surface area (Å²) in [5.41, 5.74) is -1.12. The predicted molar refractivity (Wildman–Crippen MR) is 220 cm³/mol. The molecule has 0 spiro atoms. The lowest BCUT2D eigenvalue weighted by Crippen LogP contribution is -2.62. The second-order valence-corrected chi connectivity index (χ2v) is 20.5. The first-order valence-electron chi connectivity index (χ1n) is 22.0. The van der Waals surface area contributed by atoms with E-state index in [9.17, 15) is 14.7 Å². The molecule has 6 aliphatic rings. The summed E-state index contributed by atoms with van der Waals surface area (Å²) in [6.07, 6.45) is 19.7. The van der Waals surface area contributed by atoms with E-state index >= 15 is 0 Å². The number of ketones is 2. The standard InChI is InChI=1S/C25H42O4.C23H38O3/c1-8-9-12-23(4)15-20(29-16-27-6)24(5)17(2)10-13-25(18(3)22(23)26)14-11-19(28-7)21(24)25;1-7-8-11-21(4)14-18(24)22(5)15(2)9-12-23(16(3)20(21)25)13-10-17(26-6)19(22)23/h8-9,17-21H,10-16H2,1-7H3;7-8,15-19,24H,9-14H2,1-6H3/b9-8+;8-7+/t17-,18+,19-,20-,21?,23-,24+,25?;15-,16+,17-,18-,19?,21-,22+,23?/m11/s1. The van der Waals surface area contributed by atoms with Gasteiger partial charge in [0.2, 0.25) is 0 Å². The number of methoxy groups -OCH3 is 3. The van der Waals surface area contributed by atoms with Gasteiger partial charge < -0.3 is 24.1 Å². The van der Waals surface area contributed by atoms with E-state index in [1.165, 1.54) is 0 Å². The van der Waals surface area contributed by atoms with Crippen molar-refractivity contribution in [3.05, 3.63) is 24.3 Å². The average molecular weight is 769 g/mol. The van der Waals surface area contributed by atoms with Crippen LogP contribution in [0, 0.1) is 68.0 Å². The van der Waals surface area contributed by atoms with Crippen molar-refractivity contribution in [2.45, 2.75) is 171 Å². The molecule has 0 heterocycles. The maximum Gasteiger partial charge on any atom is 0.146 e. The summed E-state index contributed by atoms with van der Waals surface area (Å²) in [6.45, 7) is 22.3. The van der Waals surface area contributed by atoms with Crippen molar-refractivity contribution in [3.63, 3.8) is 0 Å². The Hall–Kier alpha value is -1.38. The molecule has 0 saturated heterocycles. The van der Waals surface area contributed by atoms with Crippen molar-refractivity contribution < 1.29 is 33.6 Å². The van der Waals surface area contributed by atoms with Crippen LogP contribution >= 0.6 is 0 Å². The lowest BCUT2D eigenvalue weighted by atomic mass is 9.43. The van der Waals surface area contributed by atoms with E-state index in [0.717, 1.165) is 70.6 Å². The summed E-state index contributed by atoms with van der Waals surface area (Å²) in [5, 5.41) is 11.5. The van der Waals surface area contributed by atoms with Gasteiger partial charge in [0.15, 0.2) is 0 Å². The molecule has 4 bridgehead atoms. The van der Waals surface area contributed by atoms with Crippen LogP contribution in [0.15, 0.2) is 24.3 Å². The number of aliphatic hydroxyl groups excluding tert-OH is 1. The van der Waals surface area contributed by atoms with Crippen LogP contribution in [0.25, 0.3) is 0 Å². The van der Waals surface area contributed by atoms with E-state index in [4.69, 9.17) is 18.9 Å². The molecule has 0 aromatic rings. The first-order chi connectivity index (χ1) is 25.9. The van der Waals surface area contributed by atoms with Crippen LogP contribution in [0.2, 0.25) is 0 Å². The van der Waals surface area contributed by atoms with Gasteiger partial charge in [-0.2, -0.15) is 0 Å². The van der Waals surface area contributed by atoms with Gasteiger partial charge in [-0.3, -0.25) is 9.59 Å². The Morgan fingerprint density at radius 2 is 1.07 bits per heavy atom. The van der Waals surface area contributed by atoms with Crippen LogP contribution < -0.4 is 0 Å². The molecule has 0 aromatic carbocycles. The number of hydrogen-bond donors (Lipinski definition) is 1. The van der Waals surface area contributed by atoms with E-state index in [2.05, 4.69) is 73.6 Å². The minimum absolute atomic E-state index is 0.0163. The normalized spacial score (nSPS) is 49.8. The van der Waals surface area contributed by atoms with Gasteiger partial charge in [0.1, 0.15) is 18.4 Å². The SMILES string of the molecule is C/C=C/C[C@]1(C)C[C@@H](O)[C@@]2(C)C3[C@H](OC)CCC3(CC[C@H]2C)[C@@H](C)C1=O.C/C=C/C[C@]1(C)C[C@@H](OCOC)[C@@]2(C)C3[C@H](OC)CCC3(CC[C@H]2C)[C@@H](C)C1=O. The van der Waals surface area contributed by atoms with E-state index in [1.54, 1.807) is 14.2 Å². The molecule has 55 heavy (non-hydrogen) atoms. The zero-order valence-electron chi connectivity index (χ0n) is 37.2. The second kappa shape index (κ2) is 16.7. The Balaban J connectivity index is 0.000000212. The smallest absolute Gasteiger partial charge is 0.146 e. The Labute approximate surface area is 335 Å². The lowest BCUT2D eigenvalue weighted by Gasteiger charge is -2.62. The molecule has 4 unspecified atom stereocenters. The number of allylic oxidation sites excluding steroid dienone is 4. The Morgan fingerprint density at radius 3 is 1.51 bits per heavy atom. The van der Waals surface area contributed by atoms with Crippen LogP contribution in [0.4, 0.5) is 0 Å². The van der Waals surface area contributed by atoms with Gasteiger partial charge in [-0.15, -0.1) is 0 Å². The zero-order chi connectivity index (χ0) is 40.8. The van der Waals surface area contributed by atoms with Gasteiger partial charge in [0, 0.05) is 54.8 Å². The fourth-order valence-corrected chi connectivity index (χ4v) is 14.5. The van der Waals surface area contributed by atoms with Crippen molar-refractivity contribution in [2.75, 3.05) is 28.1 Å². The molecule has 0 radical (unpaired) electrons. The quantitative estimate of drug-likeness (QED) is 0.184. The first kappa shape index (κ1) is 44.7. The predicted octanol–water partition coefficient (Wildman–Crippen LogP) is 10.2. The number of rotatable bonds is 9. The fraction of sp³-hybridized carbons (Fsp3) is 0.875. The molecule has 314 valence electrons. The highest BCUT2D eigenvalue weighted by atomic mass is 16.7. The van der Waals surface area contributed by atoms with Crippen LogP contribution in [0.3, 0.4) is 0 Å². The molecule has 0 aromatic heterocycles. The van der Waals surface area contributed by atoms with Gasteiger partial charge in [-0.05, 0) is 125 Å². The molecule has 1 N–H and O–H groups in total. The molecule has 6 fully saturated rings. The zero-order valence-corrected chi connectivity index (χ0v) is 37.2. The van der Waals surface area contributed by atoms with Crippen LogP contribution in [0.1, 0.15) is 146 Å². The van der Waals surface area contributed by atoms with Gasteiger partial charge >= 0.3 is 0 Å². The van der Waals surface area contributed by atoms with Crippen molar-refractivity contribution in [1.29, 1.82) is 0 Å². The third kappa shape index (κ3) is 7.02. The van der Waals surface area contributed by atoms with Crippen LogP contribution in [-0.4, -0.2) is 69.2 Å². The Morgan fingerprint density at radius 1 is 0.655 bits per heavy atom. The van der Waals surface area contributed by atoms with E-state index < -0.39 is 16.9 Å². The summed E-state index contributed by atoms with van der Waals surface area (Å²) in [7, 11) is 5.33. The topological polar surface area (TPSA) is 91.3 Å². The molecule has 0 aliphatic heterocycles. The highest BCUT2D eigenvalue weighted by Gasteiger charge is 2.69. The number of hydrogen-bond acceptors (Lipinski definition) is 7. The van der Waals surface area contributed by atoms with E-state index in [1.807, 2.05) is 27.0 Å². The average Bonchev–Trinajstić information content (AvgIpc) is 3.77. The second-order valence-electron chi connectivity index (χ2n) is 20.5. The van der Waals surface area contributed by atoms with Gasteiger partial charge in [-0.25, -0.2) is 0 Å². The molecular formula is C48H80O7. The largest absolute Gasteiger partial charge is 0.393 e. The molecule has 7 nitrogen and oxygen atoms in total. The third-order valence-electron chi connectivity index (χ3n) is 18.3. The van der Waals surface area contributed by atoms with Gasteiger partial charge in [0.25, 0.3) is 0 Å². The Kier molecular flexibility index (Phi) is 13.6. The number of carbonyl (C=O) groups is 2. The molecule has 6 saturated carbocycles. The minimum atomic E-state index is -0.479. The molecule has 0 amide bonds. The van der Waals surface area contributed by atoms with E-state index in [-0.39, 0.29) is 64.5 Å². The van der Waals surface area contributed by atoms with Gasteiger partial charge in [-0.1, -0.05) is 79.7 Å². The lowest BCUT2D eigenvalue weighted by molar-refractivity contribution is -0.219. The van der Waals surface area contributed by atoms with Crippen molar-refractivity contribution >= 4 is 11.6 Å². The third-order valence-corrected chi connectivity index (χ3v) is 18.3. The maximum atomic E-state index is 14.0. The minimum Gasteiger partial charge on any atom is -0.393 e. The summed E-state index contributed by atoms with van der Waals surface area (Å²) < 4.78 is 23.8. The highest BCUT2D eigenvalue weighted by molar-refractivity contribution is 5.88. The molecule has 6 rings (SSSR count). The van der Waals surface area contributed by atoms with Crippen LogP contribution in [-0.2, 0) is 28.5 Å². The number of Topliss-reactive ketones (excluding diaryl/α,β-unsaturated/α-hetero) is 2.